The van der Waals surface area contributed by atoms with E-state index in [0.717, 1.165) is 28.6 Å². The van der Waals surface area contributed by atoms with Crippen LogP contribution in [0.1, 0.15) is 18.1 Å². The first-order valence-corrected chi connectivity index (χ1v) is 6.91. The molecular formula is C18H17NO. The predicted octanol–water partition coefficient (Wildman–Crippen LogP) is 4.38. The van der Waals surface area contributed by atoms with E-state index in [1.165, 1.54) is 5.56 Å². The Morgan fingerprint density at radius 2 is 1.90 bits per heavy atom. The largest absolute Gasteiger partial charge is 0.489 e. The molecule has 100 valence electrons. The van der Waals surface area contributed by atoms with E-state index in [-0.39, 0.29) is 0 Å². The number of hydrogen-bond acceptors (Lipinski definition) is 2. The highest BCUT2D eigenvalue weighted by Gasteiger charge is 2.02. The minimum Gasteiger partial charge on any atom is -0.489 e. The van der Waals surface area contributed by atoms with E-state index in [9.17, 15) is 0 Å². The second-order valence-electron chi connectivity index (χ2n) is 4.78. The number of aryl methyl sites for hydroxylation is 1. The van der Waals surface area contributed by atoms with Crippen LogP contribution >= 0.6 is 0 Å². The molecule has 0 atom stereocenters. The molecule has 0 saturated carbocycles. The van der Waals surface area contributed by atoms with Crippen molar-refractivity contribution >= 4 is 10.9 Å². The zero-order valence-corrected chi connectivity index (χ0v) is 11.5. The number of rotatable bonds is 4. The Hall–Kier alpha value is -2.35. The van der Waals surface area contributed by atoms with Gasteiger partial charge in [0.1, 0.15) is 12.4 Å². The van der Waals surface area contributed by atoms with Crippen LogP contribution in [-0.2, 0) is 13.0 Å². The molecule has 2 aromatic carbocycles. The molecule has 0 saturated heterocycles. The van der Waals surface area contributed by atoms with Crippen molar-refractivity contribution in [1.29, 1.82) is 0 Å². The molecule has 1 heterocycles. The molecule has 3 rings (SSSR count). The molecule has 0 bridgehead atoms. The molecular weight excluding hydrogens is 246 g/mol. The van der Waals surface area contributed by atoms with Gasteiger partial charge in [0.15, 0.2) is 0 Å². The van der Waals surface area contributed by atoms with Gasteiger partial charge in [0.2, 0.25) is 0 Å². The van der Waals surface area contributed by atoms with Crippen LogP contribution in [0, 0.1) is 0 Å². The molecule has 0 radical (unpaired) electrons. The van der Waals surface area contributed by atoms with Crippen LogP contribution in [0.5, 0.6) is 5.75 Å². The van der Waals surface area contributed by atoms with E-state index in [1.54, 1.807) is 0 Å². The van der Waals surface area contributed by atoms with Crippen molar-refractivity contribution in [3.8, 4) is 5.75 Å². The van der Waals surface area contributed by atoms with E-state index in [0.29, 0.717) is 6.61 Å². The molecule has 2 nitrogen and oxygen atoms in total. The highest BCUT2D eigenvalue weighted by Crippen LogP contribution is 2.20. The van der Waals surface area contributed by atoms with E-state index in [2.05, 4.69) is 36.2 Å². The normalized spacial score (nSPS) is 10.7. The van der Waals surface area contributed by atoms with Crippen LogP contribution < -0.4 is 4.74 Å². The minimum absolute atomic E-state index is 0.585. The highest BCUT2D eigenvalue weighted by molar-refractivity contribution is 5.78. The fourth-order valence-electron chi connectivity index (χ4n) is 2.31. The Bertz CT molecular complexity index is 721. The van der Waals surface area contributed by atoms with Crippen LogP contribution in [0.25, 0.3) is 10.9 Å². The molecule has 0 aliphatic carbocycles. The van der Waals surface area contributed by atoms with Gasteiger partial charge in [0.25, 0.3) is 0 Å². The molecule has 2 heteroatoms. The zero-order valence-electron chi connectivity index (χ0n) is 11.5. The minimum atomic E-state index is 0.585. The lowest BCUT2D eigenvalue weighted by atomic mass is 10.1. The fraction of sp³-hybridized carbons (Fsp3) is 0.167. The Kier molecular flexibility index (Phi) is 3.64. The van der Waals surface area contributed by atoms with Crippen molar-refractivity contribution < 1.29 is 4.74 Å². The third-order valence-electron chi connectivity index (χ3n) is 3.42. The van der Waals surface area contributed by atoms with Gasteiger partial charge in [-0.15, -0.1) is 0 Å². The molecule has 0 amide bonds. The van der Waals surface area contributed by atoms with E-state index in [1.807, 2.05) is 36.5 Å². The van der Waals surface area contributed by atoms with Gasteiger partial charge >= 0.3 is 0 Å². The van der Waals surface area contributed by atoms with Gasteiger partial charge in [-0.05, 0) is 41.8 Å². The number of aromatic nitrogens is 1. The number of para-hydroxylation sites is 1. The molecule has 0 spiro atoms. The van der Waals surface area contributed by atoms with Gasteiger partial charge in [0, 0.05) is 11.6 Å². The number of nitrogens with zero attached hydrogens (tertiary/aromatic N) is 1. The third-order valence-corrected chi connectivity index (χ3v) is 3.42. The second-order valence-corrected chi connectivity index (χ2v) is 4.78. The standard InChI is InChI=1S/C18H17NO/c1-2-15-6-3-4-8-18(15)20-13-14-9-10-17-16(12-14)7-5-11-19-17/h3-12H,2,13H2,1H3. The summed E-state index contributed by atoms with van der Waals surface area (Å²) >= 11 is 0. The van der Waals surface area contributed by atoms with Crippen LogP contribution in [0.3, 0.4) is 0 Å². The number of benzene rings is 2. The molecule has 0 aliphatic heterocycles. The first-order chi connectivity index (χ1) is 9.86. The average molecular weight is 263 g/mol. The van der Waals surface area contributed by atoms with Crippen LogP contribution in [-0.4, -0.2) is 4.98 Å². The number of fused-ring (bicyclic) bond motifs is 1. The average Bonchev–Trinajstić information content (AvgIpc) is 2.53. The quantitative estimate of drug-likeness (QED) is 0.697. The summed E-state index contributed by atoms with van der Waals surface area (Å²) in [5.74, 6) is 0.973. The molecule has 0 unspecified atom stereocenters. The maximum Gasteiger partial charge on any atom is 0.122 e. The second kappa shape index (κ2) is 5.74. The summed E-state index contributed by atoms with van der Waals surface area (Å²) in [6.07, 6.45) is 2.80. The monoisotopic (exact) mass is 263 g/mol. The molecule has 20 heavy (non-hydrogen) atoms. The van der Waals surface area contributed by atoms with E-state index in [4.69, 9.17) is 4.74 Å². The third kappa shape index (κ3) is 2.64. The van der Waals surface area contributed by atoms with Gasteiger partial charge in [-0.25, -0.2) is 0 Å². The Morgan fingerprint density at radius 3 is 2.80 bits per heavy atom. The predicted molar refractivity (Wildman–Crippen MR) is 81.9 cm³/mol. The van der Waals surface area contributed by atoms with Crippen molar-refractivity contribution in [3.05, 3.63) is 71.9 Å². The first kappa shape index (κ1) is 12.7. The lowest BCUT2D eigenvalue weighted by Crippen LogP contribution is -1.98. The Balaban J connectivity index is 1.79. The smallest absolute Gasteiger partial charge is 0.122 e. The van der Waals surface area contributed by atoms with E-state index >= 15 is 0 Å². The SMILES string of the molecule is CCc1ccccc1OCc1ccc2ncccc2c1. The van der Waals surface area contributed by atoms with E-state index < -0.39 is 0 Å². The molecule has 1 aromatic heterocycles. The Morgan fingerprint density at radius 1 is 1.00 bits per heavy atom. The van der Waals surface area contributed by atoms with Crippen molar-refractivity contribution in [2.24, 2.45) is 0 Å². The van der Waals surface area contributed by atoms with Crippen LogP contribution in [0.4, 0.5) is 0 Å². The lowest BCUT2D eigenvalue weighted by molar-refractivity contribution is 0.303. The number of ether oxygens (including phenoxy) is 1. The molecule has 0 N–H and O–H groups in total. The molecule has 3 aromatic rings. The summed E-state index contributed by atoms with van der Waals surface area (Å²) in [5.41, 5.74) is 3.43. The van der Waals surface area contributed by atoms with Crippen molar-refractivity contribution in [2.75, 3.05) is 0 Å². The summed E-state index contributed by atoms with van der Waals surface area (Å²) in [5, 5.41) is 1.15. The zero-order chi connectivity index (χ0) is 13.8. The molecule has 0 aliphatic rings. The Labute approximate surface area is 119 Å². The summed E-state index contributed by atoms with van der Waals surface area (Å²) in [7, 11) is 0. The first-order valence-electron chi connectivity index (χ1n) is 6.91. The summed E-state index contributed by atoms with van der Waals surface area (Å²) in [6.45, 7) is 2.73. The topological polar surface area (TPSA) is 22.1 Å². The summed E-state index contributed by atoms with van der Waals surface area (Å²) < 4.78 is 5.94. The van der Waals surface area contributed by atoms with Gasteiger partial charge < -0.3 is 4.74 Å². The summed E-state index contributed by atoms with van der Waals surface area (Å²) in [6, 6.07) is 18.5. The molecule has 0 fully saturated rings. The maximum atomic E-state index is 5.94. The number of hydrogen-bond donors (Lipinski definition) is 0. The summed E-state index contributed by atoms with van der Waals surface area (Å²) in [4.78, 5) is 4.33. The van der Waals surface area contributed by atoms with Gasteiger partial charge in [-0.3, -0.25) is 4.98 Å². The van der Waals surface area contributed by atoms with Crippen molar-refractivity contribution in [2.45, 2.75) is 20.0 Å². The van der Waals surface area contributed by atoms with Gasteiger partial charge in [-0.2, -0.15) is 0 Å². The number of pyridine rings is 1. The fourth-order valence-corrected chi connectivity index (χ4v) is 2.31. The highest BCUT2D eigenvalue weighted by atomic mass is 16.5. The maximum absolute atomic E-state index is 5.94. The lowest BCUT2D eigenvalue weighted by Gasteiger charge is -2.10. The van der Waals surface area contributed by atoms with Gasteiger partial charge in [0.05, 0.1) is 5.52 Å². The van der Waals surface area contributed by atoms with Crippen LogP contribution in [0.15, 0.2) is 60.8 Å². The van der Waals surface area contributed by atoms with Crippen LogP contribution in [0.2, 0.25) is 0 Å². The van der Waals surface area contributed by atoms with Gasteiger partial charge in [-0.1, -0.05) is 37.3 Å². The van der Waals surface area contributed by atoms with Crippen molar-refractivity contribution in [3.63, 3.8) is 0 Å². The van der Waals surface area contributed by atoms with Crippen molar-refractivity contribution in [1.82, 2.24) is 4.98 Å².